The maximum atomic E-state index is 12.4. The first-order chi connectivity index (χ1) is 16.7. The van der Waals surface area contributed by atoms with Crippen LogP contribution < -0.4 is 14.2 Å². The van der Waals surface area contributed by atoms with Crippen molar-refractivity contribution in [1.82, 2.24) is 0 Å². The number of benzene rings is 2. The largest absolute Gasteiger partial charge is 0.494 e. The molecule has 3 rings (SSSR count). The first-order valence-electron chi connectivity index (χ1n) is 13.0. The maximum absolute atomic E-state index is 12.4. The van der Waals surface area contributed by atoms with Crippen LogP contribution in [0.3, 0.4) is 0 Å². The summed E-state index contributed by atoms with van der Waals surface area (Å²) in [6.45, 7) is 5.55. The Morgan fingerprint density at radius 1 is 0.824 bits per heavy atom. The number of allylic oxidation sites excluding steroid dienone is 1. The molecule has 0 N–H and O–H groups in total. The monoisotopic (exact) mass is 464 g/mol. The molecule has 0 unspecified atom stereocenters. The Balaban J connectivity index is 1.36. The second kappa shape index (κ2) is 14.5. The van der Waals surface area contributed by atoms with Crippen molar-refractivity contribution >= 4 is 5.97 Å². The summed E-state index contributed by atoms with van der Waals surface area (Å²) in [5.74, 6) is 3.26. The van der Waals surface area contributed by atoms with Gasteiger partial charge in [0.25, 0.3) is 0 Å². The number of unbranched alkanes of at least 4 members (excludes halogenated alkanes) is 2. The molecule has 1 aliphatic rings. The van der Waals surface area contributed by atoms with Gasteiger partial charge in [-0.3, -0.25) is 0 Å². The summed E-state index contributed by atoms with van der Waals surface area (Å²) in [5, 5.41) is 0. The van der Waals surface area contributed by atoms with Gasteiger partial charge in [0, 0.05) is 0 Å². The lowest BCUT2D eigenvalue weighted by Crippen LogP contribution is -2.13. The molecule has 0 bridgehead atoms. The Morgan fingerprint density at radius 3 is 2.15 bits per heavy atom. The minimum Gasteiger partial charge on any atom is -0.494 e. The van der Waals surface area contributed by atoms with Gasteiger partial charge in [-0.2, -0.15) is 0 Å². The standard InChI is InChI=1S/C30H40O4/c1-3-5-6-8-24-10-12-25(13-11-24)9-7-23-33-28-18-20-29(21-19-28)34-30(31)26-14-16-27(17-15-26)32-22-4-2/h7,9,14-21,24-25H,3-6,8,10-13,22-23H2,1-2H3/b9-7+/t24-,25-. The highest BCUT2D eigenvalue weighted by Gasteiger charge is 2.18. The van der Waals surface area contributed by atoms with Crippen molar-refractivity contribution in [3.05, 3.63) is 66.2 Å². The molecule has 1 saturated carbocycles. The maximum Gasteiger partial charge on any atom is 0.343 e. The number of hydrogen-bond acceptors (Lipinski definition) is 4. The summed E-state index contributed by atoms with van der Waals surface area (Å²) in [4.78, 5) is 12.4. The first-order valence-corrected chi connectivity index (χ1v) is 13.0. The van der Waals surface area contributed by atoms with Gasteiger partial charge >= 0.3 is 5.97 Å². The van der Waals surface area contributed by atoms with Crippen LogP contribution in [-0.2, 0) is 0 Å². The van der Waals surface area contributed by atoms with Crippen molar-refractivity contribution in [2.45, 2.75) is 71.6 Å². The summed E-state index contributed by atoms with van der Waals surface area (Å²) in [6.07, 6.45) is 16.3. The van der Waals surface area contributed by atoms with E-state index in [-0.39, 0.29) is 0 Å². The Morgan fingerprint density at radius 2 is 1.47 bits per heavy atom. The summed E-state index contributed by atoms with van der Waals surface area (Å²) >= 11 is 0. The van der Waals surface area contributed by atoms with Crippen molar-refractivity contribution < 1.29 is 19.0 Å². The molecular formula is C30H40O4. The summed E-state index contributed by atoms with van der Waals surface area (Å²) in [5.41, 5.74) is 0.490. The summed E-state index contributed by atoms with van der Waals surface area (Å²) < 4.78 is 16.8. The van der Waals surface area contributed by atoms with E-state index in [0.29, 0.717) is 30.4 Å². The molecule has 0 spiro atoms. The molecule has 4 heteroatoms. The first kappa shape index (κ1) is 25.9. The van der Waals surface area contributed by atoms with Crippen LogP contribution in [0.1, 0.15) is 82.0 Å². The van der Waals surface area contributed by atoms with Gasteiger partial charge in [0.2, 0.25) is 0 Å². The average molecular weight is 465 g/mol. The Bertz CT molecular complexity index is 862. The van der Waals surface area contributed by atoms with Gasteiger partial charge in [-0.05, 0) is 92.5 Å². The van der Waals surface area contributed by atoms with Crippen LogP contribution in [0.4, 0.5) is 0 Å². The number of esters is 1. The Hall–Kier alpha value is -2.75. The van der Waals surface area contributed by atoms with E-state index in [1.54, 1.807) is 36.4 Å². The highest BCUT2D eigenvalue weighted by molar-refractivity contribution is 5.91. The van der Waals surface area contributed by atoms with Crippen molar-refractivity contribution in [2.75, 3.05) is 13.2 Å². The van der Waals surface area contributed by atoms with E-state index in [1.165, 1.54) is 51.4 Å². The molecule has 0 aromatic heterocycles. The van der Waals surface area contributed by atoms with E-state index in [1.807, 2.05) is 12.1 Å². The zero-order valence-corrected chi connectivity index (χ0v) is 20.8. The van der Waals surface area contributed by atoms with E-state index in [9.17, 15) is 4.79 Å². The Labute approximate surface area is 205 Å². The van der Waals surface area contributed by atoms with E-state index < -0.39 is 5.97 Å². The molecular weight excluding hydrogens is 424 g/mol. The average Bonchev–Trinajstić information content (AvgIpc) is 2.87. The van der Waals surface area contributed by atoms with E-state index in [4.69, 9.17) is 14.2 Å². The number of hydrogen-bond donors (Lipinski definition) is 0. The molecule has 0 radical (unpaired) electrons. The summed E-state index contributed by atoms with van der Waals surface area (Å²) in [7, 11) is 0. The van der Waals surface area contributed by atoms with Gasteiger partial charge in [0.15, 0.2) is 0 Å². The van der Waals surface area contributed by atoms with Crippen LogP contribution in [0.15, 0.2) is 60.7 Å². The quantitative estimate of drug-likeness (QED) is 0.130. The SMILES string of the molecule is CCCCC[C@H]1CC[C@H](/C=C/COc2ccc(OC(=O)c3ccc(OCCC)cc3)cc2)CC1. The van der Waals surface area contributed by atoms with Crippen molar-refractivity contribution in [3.63, 3.8) is 0 Å². The second-order valence-electron chi connectivity index (χ2n) is 9.25. The normalized spacial score (nSPS) is 18.1. The molecule has 0 saturated heterocycles. The molecule has 0 amide bonds. The van der Waals surface area contributed by atoms with Gasteiger partial charge in [-0.1, -0.05) is 51.7 Å². The fourth-order valence-corrected chi connectivity index (χ4v) is 4.42. The lowest BCUT2D eigenvalue weighted by Gasteiger charge is -2.26. The molecule has 0 heterocycles. The third-order valence-corrected chi connectivity index (χ3v) is 6.46. The molecule has 0 atom stereocenters. The topological polar surface area (TPSA) is 44.8 Å². The van der Waals surface area contributed by atoms with Gasteiger partial charge in [-0.25, -0.2) is 4.79 Å². The van der Waals surface area contributed by atoms with Crippen molar-refractivity contribution in [2.24, 2.45) is 11.8 Å². The molecule has 2 aromatic carbocycles. The van der Waals surface area contributed by atoms with Gasteiger partial charge in [0.1, 0.15) is 23.9 Å². The fraction of sp³-hybridized carbons (Fsp3) is 0.500. The Kier molecular flexibility index (Phi) is 11.0. The zero-order valence-electron chi connectivity index (χ0n) is 20.8. The smallest absolute Gasteiger partial charge is 0.343 e. The zero-order chi connectivity index (χ0) is 24.0. The lowest BCUT2D eigenvalue weighted by molar-refractivity contribution is 0.0734. The molecule has 1 fully saturated rings. The molecule has 4 nitrogen and oxygen atoms in total. The number of carbonyl (C=O) groups is 1. The van der Waals surface area contributed by atoms with Crippen molar-refractivity contribution in [3.8, 4) is 17.2 Å². The molecule has 0 aliphatic heterocycles. The fourth-order valence-electron chi connectivity index (χ4n) is 4.42. The predicted molar refractivity (Wildman–Crippen MR) is 138 cm³/mol. The van der Waals surface area contributed by atoms with Crippen LogP contribution in [0.25, 0.3) is 0 Å². The minimum atomic E-state index is -0.390. The number of carbonyl (C=O) groups excluding carboxylic acids is 1. The number of ether oxygens (including phenoxy) is 3. The number of rotatable bonds is 13. The third kappa shape index (κ3) is 8.89. The van der Waals surface area contributed by atoms with E-state index >= 15 is 0 Å². The van der Waals surface area contributed by atoms with Crippen LogP contribution in [0, 0.1) is 11.8 Å². The van der Waals surface area contributed by atoms with Crippen LogP contribution in [0.2, 0.25) is 0 Å². The molecule has 1 aliphatic carbocycles. The van der Waals surface area contributed by atoms with E-state index in [2.05, 4.69) is 26.0 Å². The highest BCUT2D eigenvalue weighted by Crippen LogP contribution is 2.32. The predicted octanol–water partition coefficient (Wildman–Crippen LogP) is 8.02. The second-order valence-corrected chi connectivity index (χ2v) is 9.25. The minimum absolute atomic E-state index is 0.390. The third-order valence-electron chi connectivity index (χ3n) is 6.46. The van der Waals surface area contributed by atoms with E-state index in [0.717, 1.165) is 23.8 Å². The summed E-state index contributed by atoms with van der Waals surface area (Å²) in [6, 6.07) is 14.2. The van der Waals surface area contributed by atoms with Crippen molar-refractivity contribution in [1.29, 1.82) is 0 Å². The van der Waals surface area contributed by atoms with Gasteiger partial charge < -0.3 is 14.2 Å². The van der Waals surface area contributed by atoms with Crippen LogP contribution >= 0.6 is 0 Å². The lowest BCUT2D eigenvalue weighted by atomic mass is 9.79. The molecule has 184 valence electrons. The van der Waals surface area contributed by atoms with Crippen LogP contribution in [-0.4, -0.2) is 19.2 Å². The molecule has 34 heavy (non-hydrogen) atoms. The van der Waals surface area contributed by atoms with Crippen LogP contribution in [0.5, 0.6) is 17.2 Å². The highest BCUT2D eigenvalue weighted by atomic mass is 16.5. The van der Waals surface area contributed by atoms with Gasteiger partial charge in [-0.15, -0.1) is 0 Å². The molecule has 2 aromatic rings. The van der Waals surface area contributed by atoms with Gasteiger partial charge in [0.05, 0.1) is 12.2 Å².